The predicted molar refractivity (Wildman–Crippen MR) is 100 cm³/mol. The van der Waals surface area contributed by atoms with Crippen LogP contribution in [0.1, 0.15) is 30.9 Å². The van der Waals surface area contributed by atoms with E-state index in [1.807, 2.05) is 37.3 Å². The van der Waals surface area contributed by atoms with Crippen molar-refractivity contribution >= 4 is 11.9 Å². The van der Waals surface area contributed by atoms with Crippen LogP contribution in [0, 0.1) is 5.82 Å². The van der Waals surface area contributed by atoms with Crippen molar-refractivity contribution in [2.75, 3.05) is 13.7 Å². The SMILES string of the molecule is COc1ccc(CC(=O)O[C@H](C)C(=O)NC[C@@H](C)c2ccccc2)cc1F. The van der Waals surface area contributed by atoms with E-state index in [9.17, 15) is 14.0 Å². The van der Waals surface area contributed by atoms with Gasteiger partial charge in [-0.2, -0.15) is 0 Å². The zero-order valence-corrected chi connectivity index (χ0v) is 15.7. The molecular weight excluding hydrogens is 349 g/mol. The summed E-state index contributed by atoms with van der Waals surface area (Å²) in [6.07, 6.45) is -1.05. The fraction of sp³-hybridized carbons (Fsp3) is 0.333. The molecule has 0 aliphatic heterocycles. The molecule has 0 aromatic heterocycles. The molecule has 0 saturated carbocycles. The van der Waals surface area contributed by atoms with E-state index < -0.39 is 17.9 Å². The molecule has 1 amide bonds. The van der Waals surface area contributed by atoms with Crippen LogP contribution in [-0.4, -0.2) is 31.6 Å². The van der Waals surface area contributed by atoms with Crippen molar-refractivity contribution in [1.82, 2.24) is 5.32 Å². The van der Waals surface area contributed by atoms with Crippen LogP contribution in [0.15, 0.2) is 48.5 Å². The molecule has 2 aromatic rings. The number of ether oxygens (including phenoxy) is 2. The number of benzene rings is 2. The van der Waals surface area contributed by atoms with Crippen molar-refractivity contribution in [1.29, 1.82) is 0 Å². The third kappa shape index (κ3) is 6.09. The van der Waals surface area contributed by atoms with Gasteiger partial charge in [-0.1, -0.05) is 43.3 Å². The van der Waals surface area contributed by atoms with Gasteiger partial charge in [0.15, 0.2) is 17.7 Å². The summed E-state index contributed by atoms with van der Waals surface area (Å²) in [4.78, 5) is 24.1. The lowest BCUT2D eigenvalue weighted by Gasteiger charge is -2.17. The maximum atomic E-state index is 13.7. The number of amides is 1. The number of esters is 1. The van der Waals surface area contributed by atoms with Gasteiger partial charge in [0.25, 0.3) is 5.91 Å². The quantitative estimate of drug-likeness (QED) is 0.722. The highest BCUT2D eigenvalue weighted by Gasteiger charge is 2.19. The number of rotatable bonds is 8. The van der Waals surface area contributed by atoms with Crippen molar-refractivity contribution < 1.29 is 23.5 Å². The van der Waals surface area contributed by atoms with Gasteiger partial charge in [0.05, 0.1) is 13.5 Å². The highest BCUT2D eigenvalue weighted by atomic mass is 19.1. The van der Waals surface area contributed by atoms with Crippen molar-refractivity contribution in [2.45, 2.75) is 32.3 Å². The Labute approximate surface area is 158 Å². The lowest BCUT2D eigenvalue weighted by atomic mass is 10.0. The van der Waals surface area contributed by atoms with Gasteiger partial charge < -0.3 is 14.8 Å². The molecule has 2 rings (SSSR count). The maximum Gasteiger partial charge on any atom is 0.311 e. The second-order valence-corrected chi connectivity index (χ2v) is 6.33. The summed E-state index contributed by atoms with van der Waals surface area (Å²) in [5, 5.41) is 2.78. The standard InChI is InChI=1S/C21H24FNO4/c1-14(17-7-5-4-6-8-17)13-23-21(25)15(2)27-20(24)12-16-9-10-19(26-3)18(22)11-16/h4-11,14-15H,12-13H2,1-3H3,(H,23,25)/t14-,15-/m1/s1. The molecular formula is C21H24FNO4. The fourth-order valence-corrected chi connectivity index (χ4v) is 2.58. The first-order valence-corrected chi connectivity index (χ1v) is 8.75. The third-order valence-electron chi connectivity index (χ3n) is 4.19. The lowest BCUT2D eigenvalue weighted by molar-refractivity contribution is -0.154. The Morgan fingerprint density at radius 2 is 1.81 bits per heavy atom. The van der Waals surface area contributed by atoms with Crippen LogP contribution in [0.2, 0.25) is 0 Å². The highest BCUT2D eigenvalue weighted by Crippen LogP contribution is 2.18. The number of halogens is 1. The molecule has 0 spiro atoms. The van der Waals surface area contributed by atoms with Crippen molar-refractivity contribution in [3.8, 4) is 5.75 Å². The second kappa shape index (κ2) is 9.71. The number of methoxy groups -OCH3 is 1. The number of carbonyl (C=O) groups is 2. The number of nitrogens with one attached hydrogen (secondary N) is 1. The molecule has 0 saturated heterocycles. The smallest absolute Gasteiger partial charge is 0.311 e. The first kappa shape index (κ1) is 20.4. The summed E-state index contributed by atoms with van der Waals surface area (Å²) >= 11 is 0. The second-order valence-electron chi connectivity index (χ2n) is 6.33. The number of hydrogen-bond acceptors (Lipinski definition) is 4. The largest absolute Gasteiger partial charge is 0.494 e. The van der Waals surface area contributed by atoms with Crippen molar-refractivity contribution in [3.63, 3.8) is 0 Å². The molecule has 0 radical (unpaired) electrons. The van der Waals surface area contributed by atoms with Gasteiger partial charge in [0.2, 0.25) is 0 Å². The topological polar surface area (TPSA) is 64.6 Å². The average Bonchev–Trinajstić information content (AvgIpc) is 2.66. The molecule has 2 atom stereocenters. The van der Waals surface area contributed by atoms with Crippen LogP contribution < -0.4 is 10.1 Å². The summed E-state index contributed by atoms with van der Waals surface area (Å²) in [7, 11) is 1.37. The zero-order valence-electron chi connectivity index (χ0n) is 15.7. The molecule has 5 nitrogen and oxygen atoms in total. The van der Waals surface area contributed by atoms with E-state index in [2.05, 4.69) is 5.32 Å². The van der Waals surface area contributed by atoms with Crippen LogP contribution in [-0.2, 0) is 20.7 Å². The van der Waals surface area contributed by atoms with E-state index in [1.54, 1.807) is 6.07 Å². The van der Waals surface area contributed by atoms with E-state index in [-0.39, 0.29) is 24.0 Å². The minimum atomic E-state index is -0.927. The van der Waals surface area contributed by atoms with E-state index in [0.717, 1.165) is 5.56 Å². The third-order valence-corrected chi connectivity index (χ3v) is 4.19. The molecule has 144 valence electrons. The Morgan fingerprint density at radius 1 is 1.11 bits per heavy atom. The summed E-state index contributed by atoms with van der Waals surface area (Å²) < 4.78 is 23.6. The van der Waals surface area contributed by atoms with Crippen LogP contribution >= 0.6 is 0 Å². The Morgan fingerprint density at radius 3 is 2.44 bits per heavy atom. The van der Waals surface area contributed by atoms with E-state index in [4.69, 9.17) is 9.47 Å². The first-order chi connectivity index (χ1) is 12.9. The van der Waals surface area contributed by atoms with Crippen LogP contribution in [0.4, 0.5) is 4.39 Å². The zero-order chi connectivity index (χ0) is 19.8. The Kier molecular flexibility index (Phi) is 7.34. The van der Waals surface area contributed by atoms with Crippen LogP contribution in [0.25, 0.3) is 0 Å². The lowest BCUT2D eigenvalue weighted by Crippen LogP contribution is -2.37. The maximum absolute atomic E-state index is 13.7. The Hall–Kier alpha value is -2.89. The molecule has 0 fully saturated rings. The van der Waals surface area contributed by atoms with Gasteiger partial charge in [0.1, 0.15) is 0 Å². The average molecular weight is 373 g/mol. The minimum Gasteiger partial charge on any atom is -0.494 e. The molecule has 6 heteroatoms. The van der Waals surface area contributed by atoms with Crippen LogP contribution in [0.5, 0.6) is 5.75 Å². The van der Waals surface area contributed by atoms with Gasteiger partial charge >= 0.3 is 5.97 Å². The highest BCUT2D eigenvalue weighted by molar-refractivity contribution is 5.83. The molecule has 0 bridgehead atoms. The summed E-state index contributed by atoms with van der Waals surface area (Å²) in [5.74, 6) is -1.28. The Bertz CT molecular complexity index is 779. The molecule has 0 heterocycles. The van der Waals surface area contributed by atoms with Gasteiger partial charge in [-0.25, -0.2) is 4.39 Å². The molecule has 1 N–H and O–H groups in total. The van der Waals surface area contributed by atoms with Crippen molar-refractivity contribution in [3.05, 3.63) is 65.5 Å². The molecule has 2 aromatic carbocycles. The Balaban J connectivity index is 1.81. The van der Waals surface area contributed by atoms with E-state index >= 15 is 0 Å². The summed E-state index contributed by atoms with van der Waals surface area (Å²) in [5.41, 5.74) is 1.56. The summed E-state index contributed by atoms with van der Waals surface area (Å²) in [6, 6.07) is 14.1. The number of hydrogen-bond donors (Lipinski definition) is 1. The molecule has 0 unspecified atom stereocenters. The van der Waals surface area contributed by atoms with Gasteiger partial charge in [-0.15, -0.1) is 0 Å². The first-order valence-electron chi connectivity index (χ1n) is 8.75. The molecule has 27 heavy (non-hydrogen) atoms. The normalized spacial score (nSPS) is 12.7. The molecule has 0 aliphatic rings. The fourth-order valence-electron chi connectivity index (χ4n) is 2.58. The van der Waals surface area contributed by atoms with E-state index in [1.165, 1.54) is 26.2 Å². The van der Waals surface area contributed by atoms with E-state index in [0.29, 0.717) is 12.1 Å². The van der Waals surface area contributed by atoms with Gasteiger partial charge in [-0.3, -0.25) is 9.59 Å². The van der Waals surface area contributed by atoms with Crippen molar-refractivity contribution in [2.24, 2.45) is 0 Å². The minimum absolute atomic E-state index is 0.104. The molecule has 0 aliphatic carbocycles. The number of carbonyl (C=O) groups excluding carboxylic acids is 2. The van der Waals surface area contributed by atoms with Gasteiger partial charge in [0, 0.05) is 6.54 Å². The summed E-state index contributed by atoms with van der Waals surface area (Å²) in [6.45, 7) is 3.95. The van der Waals surface area contributed by atoms with Crippen LogP contribution in [0.3, 0.4) is 0 Å². The van der Waals surface area contributed by atoms with Gasteiger partial charge in [-0.05, 0) is 36.1 Å². The predicted octanol–water partition coefficient (Wildman–Crippen LogP) is 3.23. The monoisotopic (exact) mass is 373 g/mol.